The molecule has 0 aliphatic rings. The molecule has 0 aromatic carbocycles. The largest absolute Gasteiger partial charge is 0.481 e. The standard InChI is InChI=1S/C15H19N3O3S/c1-9(2)12-7-11(17-18(12)3)15(21)16-10(8-14(19)20)13-5-4-6-22-13/h4-7,9-10H,8H2,1-3H3,(H,16,21)(H,19,20)/t10-/m0/s1. The minimum atomic E-state index is -0.956. The number of carboxylic acids is 1. The van der Waals surface area contributed by atoms with Crippen LogP contribution in [-0.4, -0.2) is 26.8 Å². The zero-order valence-corrected chi connectivity index (χ0v) is 13.6. The Labute approximate surface area is 132 Å². The first-order valence-corrected chi connectivity index (χ1v) is 7.86. The third-order valence-corrected chi connectivity index (χ3v) is 4.30. The molecular weight excluding hydrogens is 302 g/mol. The van der Waals surface area contributed by atoms with E-state index in [2.05, 4.69) is 10.4 Å². The van der Waals surface area contributed by atoms with Crippen molar-refractivity contribution < 1.29 is 14.7 Å². The van der Waals surface area contributed by atoms with Gasteiger partial charge in [-0.3, -0.25) is 14.3 Å². The molecule has 0 spiro atoms. The molecule has 0 unspecified atom stereocenters. The van der Waals surface area contributed by atoms with Gasteiger partial charge in [0.1, 0.15) is 5.69 Å². The van der Waals surface area contributed by atoms with Crippen molar-refractivity contribution in [1.29, 1.82) is 0 Å². The Morgan fingerprint density at radius 1 is 1.45 bits per heavy atom. The summed E-state index contributed by atoms with van der Waals surface area (Å²) in [5, 5.41) is 17.8. The van der Waals surface area contributed by atoms with Crippen molar-refractivity contribution in [2.75, 3.05) is 0 Å². The third kappa shape index (κ3) is 3.73. The van der Waals surface area contributed by atoms with Crippen LogP contribution in [-0.2, 0) is 11.8 Å². The van der Waals surface area contributed by atoms with Gasteiger partial charge in [0, 0.05) is 17.6 Å². The molecule has 2 aromatic rings. The first kappa shape index (κ1) is 16.2. The van der Waals surface area contributed by atoms with Gasteiger partial charge in [-0.05, 0) is 23.4 Å². The van der Waals surface area contributed by atoms with E-state index in [0.717, 1.165) is 10.6 Å². The number of aryl methyl sites for hydroxylation is 1. The molecule has 0 radical (unpaired) electrons. The van der Waals surface area contributed by atoms with Gasteiger partial charge in [0.05, 0.1) is 12.5 Å². The zero-order chi connectivity index (χ0) is 16.3. The Hall–Kier alpha value is -2.15. The van der Waals surface area contributed by atoms with E-state index >= 15 is 0 Å². The van der Waals surface area contributed by atoms with Crippen LogP contribution in [0.2, 0.25) is 0 Å². The van der Waals surface area contributed by atoms with Crippen molar-refractivity contribution >= 4 is 23.2 Å². The molecule has 0 aliphatic heterocycles. The number of carbonyl (C=O) groups is 2. The number of amides is 1. The molecule has 1 amide bonds. The summed E-state index contributed by atoms with van der Waals surface area (Å²) in [5.74, 6) is -1.06. The van der Waals surface area contributed by atoms with Gasteiger partial charge < -0.3 is 10.4 Å². The summed E-state index contributed by atoms with van der Waals surface area (Å²) in [7, 11) is 1.79. The third-order valence-electron chi connectivity index (χ3n) is 3.31. The van der Waals surface area contributed by atoms with Crippen molar-refractivity contribution in [2.45, 2.75) is 32.2 Å². The van der Waals surface area contributed by atoms with Crippen molar-refractivity contribution in [1.82, 2.24) is 15.1 Å². The van der Waals surface area contributed by atoms with Crippen molar-refractivity contribution in [3.05, 3.63) is 39.8 Å². The molecular formula is C15H19N3O3S. The summed E-state index contributed by atoms with van der Waals surface area (Å²) >= 11 is 1.42. The minimum Gasteiger partial charge on any atom is -0.481 e. The molecule has 118 valence electrons. The monoisotopic (exact) mass is 321 g/mol. The fourth-order valence-electron chi connectivity index (χ4n) is 2.25. The quantitative estimate of drug-likeness (QED) is 0.856. The number of carboxylic acid groups (broad SMARTS) is 1. The normalized spacial score (nSPS) is 12.4. The maximum atomic E-state index is 12.3. The summed E-state index contributed by atoms with van der Waals surface area (Å²) < 4.78 is 1.68. The highest BCUT2D eigenvalue weighted by Gasteiger charge is 2.22. The number of thiophene rings is 1. The van der Waals surface area contributed by atoms with Crippen LogP contribution < -0.4 is 5.32 Å². The second-order valence-corrected chi connectivity index (χ2v) is 6.35. The van der Waals surface area contributed by atoms with Crippen LogP contribution in [0.3, 0.4) is 0 Å². The van der Waals surface area contributed by atoms with E-state index in [0.29, 0.717) is 5.69 Å². The van der Waals surface area contributed by atoms with Gasteiger partial charge in [0.25, 0.3) is 5.91 Å². The number of hydrogen-bond donors (Lipinski definition) is 2. The Morgan fingerprint density at radius 3 is 2.68 bits per heavy atom. The molecule has 0 fully saturated rings. The molecule has 1 atom stereocenters. The molecule has 0 saturated heterocycles. The van der Waals surface area contributed by atoms with Crippen LogP contribution in [0.5, 0.6) is 0 Å². The van der Waals surface area contributed by atoms with Crippen LogP contribution in [0.15, 0.2) is 23.6 Å². The number of nitrogens with zero attached hydrogens (tertiary/aromatic N) is 2. The Kier molecular flexibility index (Phi) is 4.97. The van der Waals surface area contributed by atoms with Crippen LogP contribution in [0.4, 0.5) is 0 Å². The van der Waals surface area contributed by atoms with Gasteiger partial charge in [-0.1, -0.05) is 19.9 Å². The Balaban J connectivity index is 2.17. The number of carbonyl (C=O) groups excluding carboxylic acids is 1. The predicted octanol–water partition coefficient (Wildman–Crippen LogP) is 2.55. The fraction of sp³-hybridized carbons (Fsp3) is 0.400. The highest BCUT2D eigenvalue weighted by molar-refractivity contribution is 7.10. The molecule has 2 aromatic heterocycles. The second kappa shape index (κ2) is 6.74. The van der Waals surface area contributed by atoms with Gasteiger partial charge in [-0.15, -0.1) is 11.3 Å². The molecule has 7 heteroatoms. The molecule has 2 rings (SSSR count). The average molecular weight is 321 g/mol. The molecule has 6 nitrogen and oxygen atoms in total. The smallest absolute Gasteiger partial charge is 0.305 e. The lowest BCUT2D eigenvalue weighted by Crippen LogP contribution is -2.30. The van der Waals surface area contributed by atoms with E-state index in [-0.39, 0.29) is 18.2 Å². The Morgan fingerprint density at radius 2 is 2.18 bits per heavy atom. The van der Waals surface area contributed by atoms with Crippen molar-refractivity contribution in [3.8, 4) is 0 Å². The minimum absolute atomic E-state index is 0.157. The van der Waals surface area contributed by atoms with E-state index in [4.69, 9.17) is 5.11 Å². The molecule has 0 bridgehead atoms. The predicted molar refractivity (Wildman–Crippen MR) is 84.1 cm³/mol. The second-order valence-electron chi connectivity index (χ2n) is 5.37. The number of nitrogens with one attached hydrogen (secondary N) is 1. The topological polar surface area (TPSA) is 84.2 Å². The van der Waals surface area contributed by atoms with Crippen LogP contribution in [0.25, 0.3) is 0 Å². The van der Waals surface area contributed by atoms with Crippen LogP contribution >= 0.6 is 11.3 Å². The summed E-state index contributed by atoms with van der Waals surface area (Å²) in [6.45, 7) is 4.05. The highest BCUT2D eigenvalue weighted by Crippen LogP contribution is 2.23. The van der Waals surface area contributed by atoms with Gasteiger partial charge in [-0.2, -0.15) is 5.10 Å². The van der Waals surface area contributed by atoms with Gasteiger partial charge in [0.15, 0.2) is 0 Å². The average Bonchev–Trinajstić information content (AvgIpc) is 3.06. The van der Waals surface area contributed by atoms with E-state index in [9.17, 15) is 9.59 Å². The number of hydrogen-bond acceptors (Lipinski definition) is 4. The van der Waals surface area contributed by atoms with E-state index in [1.807, 2.05) is 31.4 Å². The first-order chi connectivity index (χ1) is 10.4. The molecule has 22 heavy (non-hydrogen) atoms. The first-order valence-electron chi connectivity index (χ1n) is 6.98. The molecule has 0 saturated carbocycles. The number of rotatable bonds is 6. The van der Waals surface area contributed by atoms with E-state index < -0.39 is 12.0 Å². The summed E-state index contributed by atoms with van der Waals surface area (Å²) in [4.78, 5) is 24.2. The zero-order valence-electron chi connectivity index (χ0n) is 12.7. The van der Waals surface area contributed by atoms with E-state index in [1.165, 1.54) is 11.3 Å². The number of aliphatic carboxylic acids is 1. The van der Waals surface area contributed by atoms with E-state index in [1.54, 1.807) is 17.8 Å². The van der Waals surface area contributed by atoms with Crippen molar-refractivity contribution in [2.24, 2.45) is 7.05 Å². The summed E-state index contributed by atoms with van der Waals surface area (Å²) in [6, 6.07) is 4.84. The fourth-order valence-corrected chi connectivity index (χ4v) is 3.03. The van der Waals surface area contributed by atoms with Gasteiger partial charge in [0.2, 0.25) is 0 Å². The maximum absolute atomic E-state index is 12.3. The lowest BCUT2D eigenvalue weighted by molar-refractivity contribution is -0.137. The van der Waals surface area contributed by atoms with Gasteiger partial charge in [-0.25, -0.2) is 0 Å². The molecule has 0 aliphatic carbocycles. The van der Waals surface area contributed by atoms with Crippen molar-refractivity contribution in [3.63, 3.8) is 0 Å². The molecule has 2 N–H and O–H groups in total. The maximum Gasteiger partial charge on any atom is 0.305 e. The van der Waals surface area contributed by atoms with Crippen LogP contribution in [0.1, 0.15) is 53.3 Å². The Bertz CT molecular complexity index is 662. The summed E-state index contributed by atoms with van der Waals surface area (Å²) in [6.07, 6.45) is -0.157. The SMILES string of the molecule is CC(C)c1cc(C(=O)N[C@@H](CC(=O)O)c2cccs2)nn1C. The summed E-state index contributed by atoms with van der Waals surface area (Å²) in [5.41, 5.74) is 1.26. The lowest BCUT2D eigenvalue weighted by Gasteiger charge is -2.14. The number of aromatic nitrogens is 2. The molecule has 2 heterocycles. The highest BCUT2D eigenvalue weighted by atomic mass is 32.1. The lowest BCUT2D eigenvalue weighted by atomic mass is 10.1. The van der Waals surface area contributed by atoms with Crippen LogP contribution in [0, 0.1) is 0 Å². The van der Waals surface area contributed by atoms with Gasteiger partial charge >= 0.3 is 5.97 Å².